The molecule has 0 atom stereocenters. The molecule has 0 fully saturated rings. The third kappa shape index (κ3) is 3.18. The maximum atomic E-state index is 13.7. The van der Waals surface area contributed by atoms with Crippen LogP contribution in [0.2, 0.25) is 5.02 Å². The molecule has 0 saturated heterocycles. The summed E-state index contributed by atoms with van der Waals surface area (Å²) in [5, 5.41) is 0.713. The van der Waals surface area contributed by atoms with Gasteiger partial charge in [-0.05, 0) is 36.2 Å². The topological polar surface area (TPSA) is 35.2 Å². The van der Waals surface area contributed by atoms with Gasteiger partial charge in [0.05, 0.1) is 5.69 Å². The van der Waals surface area contributed by atoms with Gasteiger partial charge in [0.25, 0.3) is 0 Å². The van der Waals surface area contributed by atoms with E-state index >= 15 is 0 Å². The van der Waals surface area contributed by atoms with Crippen LogP contribution in [0.1, 0.15) is 18.1 Å². The van der Waals surface area contributed by atoms with Gasteiger partial charge >= 0.3 is 0 Å². The van der Waals surface area contributed by atoms with Crippen molar-refractivity contribution in [2.45, 2.75) is 20.0 Å². The summed E-state index contributed by atoms with van der Waals surface area (Å²) in [5.74, 6) is 0.246. The lowest BCUT2D eigenvalue weighted by molar-refractivity contribution is 0.300. The highest BCUT2D eigenvalue weighted by Crippen LogP contribution is 2.24. The lowest BCUT2D eigenvalue weighted by Gasteiger charge is -2.10. The number of benzene rings is 2. The van der Waals surface area contributed by atoms with Gasteiger partial charge in [0, 0.05) is 10.6 Å². The smallest absolute Gasteiger partial charge is 0.152 e. The fourth-order valence-electron chi connectivity index (χ4n) is 1.78. The van der Waals surface area contributed by atoms with E-state index < -0.39 is 5.82 Å². The number of hydrogen-bond acceptors (Lipinski definition) is 2. The van der Waals surface area contributed by atoms with Crippen LogP contribution >= 0.6 is 11.6 Å². The van der Waals surface area contributed by atoms with Crippen LogP contribution in [-0.4, -0.2) is 0 Å². The molecule has 0 heterocycles. The zero-order valence-corrected chi connectivity index (χ0v) is 11.4. The first-order valence-electron chi connectivity index (χ1n) is 6.06. The van der Waals surface area contributed by atoms with Gasteiger partial charge in [0.2, 0.25) is 0 Å². The molecular weight excluding hydrogens is 265 g/mol. The van der Waals surface area contributed by atoms with E-state index in [9.17, 15) is 4.39 Å². The minimum absolute atomic E-state index is 0.131. The lowest BCUT2D eigenvalue weighted by atomic mass is 10.1. The number of ether oxygens (including phenoxy) is 1. The second-order valence-corrected chi connectivity index (χ2v) is 4.62. The van der Waals surface area contributed by atoms with Crippen LogP contribution in [0.4, 0.5) is 10.1 Å². The van der Waals surface area contributed by atoms with Gasteiger partial charge in [-0.25, -0.2) is 4.39 Å². The highest BCUT2D eigenvalue weighted by Gasteiger charge is 2.07. The van der Waals surface area contributed by atoms with Crippen LogP contribution in [0.25, 0.3) is 0 Å². The molecule has 0 bridgehead atoms. The quantitative estimate of drug-likeness (QED) is 0.851. The maximum absolute atomic E-state index is 13.7. The minimum Gasteiger partial charge on any atom is -0.489 e. The van der Waals surface area contributed by atoms with Crippen molar-refractivity contribution in [3.63, 3.8) is 0 Å². The average molecular weight is 280 g/mol. The number of halogens is 2. The Balaban J connectivity index is 2.12. The number of nitrogens with two attached hydrogens (primary N) is 1. The van der Waals surface area contributed by atoms with Crippen molar-refractivity contribution in [2.75, 3.05) is 5.73 Å². The second-order valence-electron chi connectivity index (χ2n) is 4.22. The Labute approximate surface area is 117 Å². The van der Waals surface area contributed by atoms with E-state index in [0.29, 0.717) is 16.3 Å². The van der Waals surface area contributed by atoms with Crippen LogP contribution in [0.5, 0.6) is 5.75 Å². The summed E-state index contributed by atoms with van der Waals surface area (Å²) in [6, 6.07) is 10.3. The molecule has 2 aromatic carbocycles. The molecule has 4 heteroatoms. The summed E-state index contributed by atoms with van der Waals surface area (Å²) < 4.78 is 19.3. The Hall–Kier alpha value is -1.74. The Kier molecular flexibility index (Phi) is 4.27. The maximum Gasteiger partial charge on any atom is 0.152 e. The van der Waals surface area contributed by atoms with Crippen LogP contribution in [0, 0.1) is 5.82 Å². The summed E-state index contributed by atoms with van der Waals surface area (Å²) in [4.78, 5) is 0. The fraction of sp³-hybridized carbons (Fsp3) is 0.200. The first kappa shape index (κ1) is 13.7. The van der Waals surface area contributed by atoms with E-state index in [4.69, 9.17) is 22.1 Å². The highest BCUT2D eigenvalue weighted by molar-refractivity contribution is 6.31. The summed E-state index contributed by atoms with van der Waals surface area (Å²) in [6.45, 7) is 2.16. The van der Waals surface area contributed by atoms with Crippen molar-refractivity contribution >= 4 is 17.3 Å². The molecule has 2 N–H and O–H groups in total. The largest absolute Gasteiger partial charge is 0.489 e. The normalized spacial score (nSPS) is 10.5. The molecule has 0 aliphatic rings. The molecule has 0 saturated carbocycles. The number of rotatable bonds is 4. The number of anilines is 1. The molecule has 0 radical (unpaired) electrons. The lowest BCUT2D eigenvalue weighted by Crippen LogP contribution is -2.01. The van der Waals surface area contributed by atoms with Crippen molar-refractivity contribution in [1.29, 1.82) is 0 Å². The number of aryl methyl sites for hydroxylation is 1. The summed E-state index contributed by atoms with van der Waals surface area (Å²) in [6.07, 6.45) is 0.822. The monoisotopic (exact) mass is 279 g/mol. The Morgan fingerprint density at radius 2 is 2.00 bits per heavy atom. The van der Waals surface area contributed by atoms with Crippen molar-refractivity contribution in [3.05, 3.63) is 58.4 Å². The van der Waals surface area contributed by atoms with Gasteiger partial charge in [0.15, 0.2) is 5.82 Å². The summed E-state index contributed by atoms with van der Waals surface area (Å²) >= 11 is 6.03. The van der Waals surface area contributed by atoms with E-state index in [2.05, 4.69) is 0 Å². The van der Waals surface area contributed by atoms with Crippen molar-refractivity contribution in [1.82, 2.24) is 0 Å². The number of nitrogen functional groups attached to an aromatic ring is 1. The zero-order valence-electron chi connectivity index (χ0n) is 10.6. The summed E-state index contributed by atoms with van der Waals surface area (Å²) in [7, 11) is 0. The minimum atomic E-state index is -0.424. The fourth-order valence-corrected chi connectivity index (χ4v) is 2.04. The van der Waals surface area contributed by atoms with Crippen molar-refractivity contribution < 1.29 is 9.13 Å². The predicted octanol–water partition coefficient (Wildman–Crippen LogP) is 4.20. The van der Waals surface area contributed by atoms with Crippen LogP contribution in [0.15, 0.2) is 36.4 Å². The summed E-state index contributed by atoms with van der Waals surface area (Å²) in [5.41, 5.74) is 7.08. The van der Waals surface area contributed by atoms with Gasteiger partial charge in [0.1, 0.15) is 12.4 Å². The van der Waals surface area contributed by atoms with E-state index in [1.54, 1.807) is 24.3 Å². The molecule has 100 valence electrons. The van der Waals surface area contributed by atoms with Crippen LogP contribution in [-0.2, 0) is 13.0 Å². The van der Waals surface area contributed by atoms with E-state index in [1.165, 1.54) is 6.07 Å². The molecule has 0 spiro atoms. The molecule has 0 aromatic heterocycles. The molecule has 0 aliphatic carbocycles. The van der Waals surface area contributed by atoms with Crippen molar-refractivity contribution in [3.8, 4) is 5.75 Å². The third-order valence-corrected chi connectivity index (χ3v) is 3.27. The first-order chi connectivity index (χ1) is 9.11. The van der Waals surface area contributed by atoms with Crippen LogP contribution in [0.3, 0.4) is 0 Å². The highest BCUT2D eigenvalue weighted by atomic mass is 35.5. The van der Waals surface area contributed by atoms with Crippen molar-refractivity contribution in [2.24, 2.45) is 0 Å². The van der Waals surface area contributed by atoms with E-state index in [1.807, 2.05) is 13.0 Å². The van der Waals surface area contributed by atoms with Gasteiger partial charge in [-0.15, -0.1) is 0 Å². The molecule has 0 aliphatic heterocycles. The predicted molar refractivity (Wildman–Crippen MR) is 76.0 cm³/mol. The van der Waals surface area contributed by atoms with Gasteiger partial charge in [-0.3, -0.25) is 0 Å². The average Bonchev–Trinajstić information content (AvgIpc) is 2.42. The molecule has 2 nitrogen and oxygen atoms in total. The number of hydrogen-bond donors (Lipinski definition) is 1. The van der Waals surface area contributed by atoms with Crippen LogP contribution < -0.4 is 10.5 Å². The van der Waals surface area contributed by atoms with Gasteiger partial charge < -0.3 is 10.5 Å². The second kappa shape index (κ2) is 5.93. The van der Waals surface area contributed by atoms with Gasteiger partial charge in [-0.1, -0.05) is 30.7 Å². The first-order valence-corrected chi connectivity index (χ1v) is 6.43. The molecule has 19 heavy (non-hydrogen) atoms. The van der Waals surface area contributed by atoms with Gasteiger partial charge in [-0.2, -0.15) is 0 Å². The van der Waals surface area contributed by atoms with E-state index in [-0.39, 0.29) is 12.3 Å². The molecule has 2 rings (SSSR count). The zero-order chi connectivity index (χ0) is 13.8. The SMILES string of the molecule is CCc1cc(OCc2cccc(N)c2F)ccc1Cl. The Morgan fingerprint density at radius 1 is 1.21 bits per heavy atom. The Bertz CT molecular complexity index is 586. The molecular formula is C15H15ClFNO. The third-order valence-electron chi connectivity index (χ3n) is 2.90. The molecule has 2 aromatic rings. The standard InChI is InChI=1S/C15H15ClFNO/c1-2-10-8-12(6-7-13(10)16)19-9-11-4-3-5-14(18)15(11)17/h3-8H,2,9,18H2,1H3. The molecule has 0 unspecified atom stereocenters. The molecule has 0 amide bonds. The van der Waals surface area contributed by atoms with E-state index in [0.717, 1.165) is 12.0 Å². The Morgan fingerprint density at radius 3 is 2.74 bits per heavy atom.